The molecule has 12 rings (SSSR count). The summed E-state index contributed by atoms with van der Waals surface area (Å²) >= 11 is 0. The van der Waals surface area contributed by atoms with Crippen LogP contribution in [0.2, 0.25) is 0 Å². The van der Waals surface area contributed by atoms with Gasteiger partial charge in [0.15, 0.2) is 24.4 Å². The van der Waals surface area contributed by atoms with Crippen LogP contribution >= 0.6 is 0 Å². The van der Waals surface area contributed by atoms with Crippen molar-refractivity contribution in [3.63, 3.8) is 0 Å². The number of carbonyl (C=O) groups is 10. The van der Waals surface area contributed by atoms with Gasteiger partial charge in [-0.2, -0.15) is 0 Å². The molecule has 4 saturated carbocycles. The minimum Gasteiger partial charge on any atom is -0.469 e. The van der Waals surface area contributed by atoms with Gasteiger partial charge in [0.25, 0.3) is 0 Å². The summed E-state index contributed by atoms with van der Waals surface area (Å²) in [4.78, 5) is 121. The molecule has 0 amide bonds. The Bertz CT molecular complexity index is 2490. The zero-order valence-corrected chi connectivity index (χ0v) is 49.3. The Balaban J connectivity index is 0.000000131. The first-order valence-corrected chi connectivity index (χ1v) is 29.0. The molecule has 0 spiro atoms. The third-order valence-electron chi connectivity index (χ3n) is 20.9. The minimum absolute atomic E-state index is 0.0378. The van der Waals surface area contributed by atoms with Crippen LogP contribution in [0.5, 0.6) is 0 Å². The van der Waals surface area contributed by atoms with E-state index >= 15 is 0 Å². The third-order valence-corrected chi connectivity index (χ3v) is 20.9. The average molecular weight is 1140 g/mol. The Labute approximate surface area is 472 Å². The largest absolute Gasteiger partial charge is 0.469 e. The Morgan fingerprint density at radius 3 is 1.52 bits per heavy atom. The predicted molar refractivity (Wildman–Crippen MR) is 275 cm³/mol. The van der Waals surface area contributed by atoms with Gasteiger partial charge in [-0.3, -0.25) is 47.9 Å². The van der Waals surface area contributed by atoms with Gasteiger partial charge in [-0.15, -0.1) is 0 Å². The number of rotatable bonds is 14. The van der Waals surface area contributed by atoms with Crippen LogP contribution in [0.3, 0.4) is 0 Å². The van der Waals surface area contributed by atoms with Gasteiger partial charge in [0.05, 0.1) is 59.7 Å². The molecule has 12 aliphatic rings. The molecule has 22 nitrogen and oxygen atoms in total. The zero-order valence-electron chi connectivity index (χ0n) is 49.3. The highest BCUT2D eigenvalue weighted by molar-refractivity contribution is 5.88. The first-order chi connectivity index (χ1) is 37.9. The highest BCUT2D eigenvalue weighted by Crippen LogP contribution is 2.63. The van der Waals surface area contributed by atoms with Crippen molar-refractivity contribution in [3.05, 3.63) is 0 Å². The molecule has 0 N–H and O–H groups in total. The van der Waals surface area contributed by atoms with E-state index in [1.54, 1.807) is 13.8 Å². The summed E-state index contributed by atoms with van der Waals surface area (Å²) in [6.07, 6.45) is 0.859. The number of methoxy groups -OCH3 is 2. The van der Waals surface area contributed by atoms with Crippen LogP contribution in [-0.4, -0.2) is 147 Å². The van der Waals surface area contributed by atoms with Crippen molar-refractivity contribution in [2.24, 2.45) is 80.3 Å². The van der Waals surface area contributed by atoms with Crippen molar-refractivity contribution in [1.29, 1.82) is 0 Å². The van der Waals surface area contributed by atoms with Gasteiger partial charge in [0, 0.05) is 23.7 Å². The molecule has 8 heterocycles. The Morgan fingerprint density at radius 2 is 0.963 bits per heavy atom. The monoisotopic (exact) mass is 1140 g/mol. The third kappa shape index (κ3) is 9.78. The minimum atomic E-state index is -0.774. The van der Waals surface area contributed by atoms with Crippen molar-refractivity contribution in [1.82, 2.24) is 0 Å². The number of hydrogen-bond acceptors (Lipinski definition) is 22. The van der Waals surface area contributed by atoms with Gasteiger partial charge < -0.3 is 56.8 Å². The molecule has 0 aromatic carbocycles. The average Bonchev–Trinajstić information content (AvgIpc) is 1.94. The maximum Gasteiger partial charge on any atom is 0.316 e. The molecule has 8 bridgehead atoms. The predicted octanol–water partition coefficient (Wildman–Crippen LogP) is 5.11. The summed E-state index contributed by atoms with van der Waals surface area (Å²) < 4.78 is 64.9. The van der Waals surface area contributed by atoms with Crippen molar-refractivity contribution in [3.8, 4) is 0 Å². The lowest BCUT2D eigenvalue weighted by Gasteiger charge is -2.34. The quantitative estimate of drug-likeness (QED) is 0.161. The molecule has 12 fully saturated rings. The van der Waals surface area contributed by atoms with Crippen LogP contribution in [0.25, 0.3) is 0 Å². The van der Waals surface area contributed by atoms with Crippen LogP contribution in [0, 0.1) is 80.3 Å². The normalized spacial score (nSPS) is 40.4. The van der Waals surface area contributed by atoms with E-state index in [4.69, 9.17) is 56.8 Å². The van der Waals surface area contributed by atoms with Gasteiger partial charge in [-0.1, -0.05) is 27.7 Å². The number of ether oxygens (including phenoxy) is 12. The molecule has 0 aromatic heterocycles. The number of fused-ring (bicyclic) bond motifs is 4. The summed E-state index contributed by atoms with van der Waals surface area (Å²) in [5.41, 5.74) is -2.84. The first kappa shape index (κ1) is 60.2. The molecule has 450 valence electrons. The van der Waals surface area contributed by atoms with Crippen LogP contribution in [0.4, 0.5) is 0 Å². The Morgan fingerprint density at radius 1 is 0.481 bits per heavy atom. The molecular formula is C59H82O22. The molecule has 0 radical (unpaired) electrons. The van der Waals surface area contributed by atoms with Crippen molar-refractivity contribution in [2.45, 2.75) is 215 Å². The maximum atomic E-state index is 12.4. The summed E-state index contributed by atoms with van der Waals surface area (Å²) in [6.45, 7) is 24.3. The van der Waals surface area contributed by atoms with Gasteiger partial charge in [0.2, 0.25) is 0 Å². The molecule has 22 heteroatoms. The first-order valence-electron chi connectivity index (χ1n) is 29.0. The standard InChI is InChI=1S/C16H22O6.C15H20O7.C15H22O4.C13H18O5/c1-5-16(2,3)15(19)22-12-7-6-8-10(9(7)13(17)20-4)14(18)21-11(8)12;1-5-15(2,3)14(18)22-11-8-6(12(16)19-4)7-9(20-8)10(11)21-13(7)17;1-5-14(2,3)12(16)19-11-8-6-9-10(7-8)18-13(17)15(9,11)4;1-4-13(2,3)12(15)18-9-7-5-6-8(16-7)10(9)17-11(6)14/h7-12H,5-6H2,1-4H3;6-11H,5H2,1-4H3;8-11H,5-7H2,1-4H3;6-10H,4-5H2,1-3H3. The smallest absolute Gasteiger partial charge is 0.316 e. The van der Waals surface area contributed by atoms with E-state index in [0.29, 0.717) is 38.0 Å². The summed E-state index contributed by atoms with van der Waals surface area (Å²) in [6, 6.07) is 0. The molecule has 0 aromatic rings. The highest BCUT2D eigenvalue weighted by atomic mass is 16.7. The topological polar surface area (TPSA) is 281 Å². The van der Waals surface area contributed by atoms with E-state index in [0.717, 1.165) is 19.3 Å². The molecule has 4 aliphatic carbocycles. The van der Waals surface area contributed by atoms with Crippen molar-refractivity contribution >= 4 is 59.7 Å². The second-order valence-electron chi connectivity index (χ2n) is 26.9. The Hall–Kier alpha value is -5.38. The summed E-state index contributed by atoms with van der Waals surface area (Å²) in [5.74, 6) is -5.55. The van der Waals surface area contributed by atoms with Crippen LogP contribution in [0.15, 0.2) is 0 Å². The van der Waals surface area contributed by atoms with Gasteiger partial charge in [-0.25, -0.2) is 0 Å². The molecule has 22 atom stereocenters. The lowest BCUT2D eigenvalue weighted by molar-refractivity contribution is -0.173. The molecule has 81 heavy (non-hydrogen) atoms. The van der Waals surface area contributed by atoms with E-state index in [9.17, 15) is 47.9 Å². The van der Waals surface area contributed by atoms with E-state index < -0.39 is 117 Å². The van der Waals surface area contributed by atoms with Gasteiger partial charge in [-0.05, 0) is 114 Å². The van der Waals surface area contributed by atoms with Gasteiger partial charge >= 0.3 is 59.7 Å². The lowest BCUT2D eigenvalue weighted by Crippen LogP contribution is -2.49. The van der Waals surface area contributed by atoms with Gasteiger partial charge in [0.1, 0.15) is 60.0 Å². The van der Waals surface area contributed by atoms with Crippen LogP contribution in [0.1, 0.15) is 141 Å². The fourth-order valence-electron chi connectivity index (χ4n) is 14.1. The fourth-order valence-corrected chi connectivity index (χ4v) is 14.1. The SMILES string of the molecule is CCC(C)(C)C(=O)OC1C2CC3C(=O)OC1C3O2.CCC(C)(C)C(=O)OC1C2CC3C1OC(=O)C3C2C(=O)OC.CCC(C)(C)C(=O)OC1C2CC3OC(=O)C1(C)C3C2.CCC(C)(C)C(=O)OC1C2OC(=O)C3C2OC1C3C(=O)OC. The molecule has 8 aliphatic heterocycles. The summed E-state index contributed by atoms with van der Waals surface area (Å²) in [7, 11) is 2.57. The fraction of sp³-hybridized carbons (Fsp3) is 0.831. The lowest BCUT2D eigenvalue weighted by atomic mass is 9.73. The summed E-state index contributed by atoms with van der Waals surface area (Å²) in [5, 5.41) is 0. The van der Waals surface area contributed by atoms with E-state index in [1.165, 1.54) is 14.2 Å². The zero-order chi connectivity index (χ0) is 59.5. The molecule has 22 unspecified atom stereocenters. The second-order valence-corrected chi connectivity index (χ2v) is 26.9. The second kappa shape index (κ2) is 21.4. The molecule has 8 saturated heterocycles. The van der Waals surface area contributed by atoms with E-state index in [2.05, 4.69) is 0 Å². The number of esters is 10. The number of carbonyl (C=O) groups excluding carboxylic acids is 10. The Kier molecular flexibility index (Phi) is 15.9. The maximum absolute atomic E-state index is 12.4. The van der Waals surface area contributed by atoms with Crippen molar-refractivity contribution in [2.75, 3.05) is 14.2 Å². The van der Waals surface area contributed by atoms with E-state index in [1.807, 2.05) is 76.2 Å². The van der Waals surface area contributed by atoms with Crippen molar-refractivity contribution < 1.29 is 105 Å². The van der Waals surface area contributed by atoms with Crippen LogP contribution in [-0.2, 0) is 105 Å². The van der Waals surface area contributed by atoms with E-state index in [-0.39, 0.29) is 89.9 Å². The molecular weight excluding hydrogens is 1060 g/mol. The number of hydrogen-bond donors (Lipinski definition) is 0. The highest BCUT2D eigenvalue weighted by Gasteiger charge is 2.74. The van der Waals surface area contributed by atoms with Crippen LogP contribution < -0.4 is 0 Å².